The van der Waals surface area contributed by atoms with Crippen molar-refractivity contribution in [1.29, 1.82) is 0 Å². The number of rotatable bonds is 5. The summed E-state index contributed by atoms with van der Waals surface area (Å²) < 4.78 is 0. The van der Waals surface area contributed by atoms with Crippen LogP contribution >= 0.6 is 11.8 Å². The first-order chi connectivity index (χ1) is 13.2. The standard InChI is InChI=1S/C21H28N4OS/c1-2-3-4-10-15-27-20-22-19(26)18-16-11-6-7-12-17(16)23-21(25(18)24-20)13-8-5-9-14-21/h6-7,11-12H,2-5,8-10,13-15H2,1H3,(H,22,24,26). The summed E-state index contributed by atoms with van der Waals surface area (Å²) in [5.74, 6) is 0.941. The molecule has 1 N–H and O–H groups in total. The van der Waals surface area contributed by atoms with Crippen LogP contribution in [0.2, 0.25) is 0 Å². The molecule has 0 unspecified atom stereocenters. The van der Waals surface area contributed by atoms with Crippen LogP contribution in [-0.2, 0) is 4.79 Å². The van der Waals surface area contributed by atoms with Gasteiger partial charge >= 0.3 is 0 Å². The van der Waals surface area contributed by atoms with Crippen LogP contribution in [0.15, 0.2) is 34.4 Å². The molecule has 27 heavy (non-hydrogen) atoms. The van der Waals surface area contributed by atoms with Gasteiger partial charge in [-0.25, -0.2) is 5.01 Å². The van der Waals surface area contributed by atoms with Gasteiger partial charge in [-0.05, 0) is 38.2 Å². The molecule has 1 amide bonds. The molecule has 0 atom stereocenters. The largest absolute Gasteiger partial charge is 0.298 e. The molecule has 6 heteroatoms. The highest BCUT2D eigenvalue weighted by atomic mass is 32.2. The third-order valence-corrected chi connectivity index (χ3v) is 6.56. The molecule has 1 saturated carbocycles. The second-order valence-corrected chi connectivity index (χ2v) is 8.68. The number of hydrogen-bond acceptors (Lipinski definition) is 5. The van der Waals surface area contributed by atoms with Crippen LogP contribution in [0.4, 0.5) is 0 Å². The lowest BCUT2D eigenvalue weighted by molar-refractivity contribution is -0.116. The number of hydrogen-bond donors (Lipinski definition) is 1. The molecule has 5 nitrogen and oxygen atoms in total. The monoisotopic (exact) mass is 384 g/mol. The van der Waals surface area contributed by atoms with Gasteiger partial charge in [0.2, 0.25) is 0 Å². The van der Waals surface area contributed by atoms with Crippen molar-refractivity contribution >= 4 is 28.5 Å². The minimum absolute atomic E-state index is 0.0478. The van der Waals surface area contributed by atoms with Crippen molar-refractivity contribution in [2.45, 2.75) is 70.4 Å². The molecule has 1 aromatic rings. The highest BCUT2D eigenvalue weighted by Crippen LogP contribution is 2.39. The molecule has 2 heterocycles. The van der Waals surface area contributed by atoms with Crippen molar-refractivity contribution in [2.24, 2.45) is 10.1 Å². The fraction of sp³-hybridized carbons (Fsp3) is 0.571. The van der Waals surface area contributed by atoms with E-state index in [1.54, 1.807) is 11.8 Å². The molecule has 1 spiro atoms. The van der Waals surface area contributed by atoms with Crippen LogP contribution in [0.3, 0.4) is 0 Å². The molecule has 0 aromatic heterocycles. The van der Waals surface area contributed by atoms with Gasteiger partial charge in [0.1, 0.15) is 5.70 Å². The van der Waals surface area contributed by atoms with Gasteiger partial charge in [0.15, 0.2) is 10.8 Å². The van der Waals surface area contributed by atoms with E-state index in [9.17, 15) is 4.79 Å². The Hall–Kier alpha value is -1.82. The van der Waals surface area contributed by atoms with Gasteiger partial charge in [-0.15, -0.1) is 5.10 Å². The summed E-state index contributed by atoms with van der Waals surface area (Å²) in [6.45, 7) is 2.22. The molecule has 1 fully saturated rings. The number of benzene rings is 1. The van der Waals surface area contributed by atoms with E-state index < -0.39 is 5.66 Å². The first-order valence-electron chi connectivity index (χ1n) is 10.3. The highest BCUT2D eigenvalue weighted by Gasteiger charge is 2.45. The van der Waals surface area contributed by atoms with Gasteiger partial charge in [-0.2, -0.15) is 0 Å². The fourth-order valence-corrected chi connectivity index (χ4v) is 5.05. The third kappa shape index (κ3) is 3.64. The number of nitrogens with one attached hydrogen (secondary N) is 1. The summed E-state index contributed by atoms with van der Waals surface area (Å²) in [6.07, 6.45) is 10.3. The highest BCUT2D eigenvalue weighted by molar-refractivity contribution is 8.13. The van der Waals surface area contributed by atoms with Gasteiger partial charge in [0.05, 0.1) is 5.36 Å². The number of thioether (sulfide) groups is 1. The van der Waals surface area contributed by atoms with Crippen molar-refractivity contribution in [1.82, 2.24) is 10.3 Å². The zero-order chi connectivity index (χ0) is 18.7. The molecule has 144 valence electrons. The van der Waals surface area contributed by atoms with Crippen LogP contribution in [0.5, 0.6) is 0 Å². The Morgan fingerprint density at radius 3 is 2.78 bits per heavy atom. The van der Waals surface area contributed by atoms with Crippen molar-refractivity contribution in [3.8, 4) is 0 Å². The maximum absolute atomic E-state index is 13.0. The van der Waals surface area contributed by atoms with Crippen LogP contribution in [0, 0.1) is 0 Å². The summed E-state index contributed by atoms with van der Waals surface area (Å²) in [6, 6.07) is 7.96. The molecular weight excluding hydrogens is 356 g/mol. The summed E-state index contributed by atoms with van der Waals surface area (Å²) in [7, 11) is 0. The van der Waals surface area contributed by atoms with Gasteiger partial charge in [0, 0.05) is 11.0 Å². The summed E-state index contributed by atoms with van der Waals surface area (Å²) >= 11 is 1.66. The van der Waals surface area contributed by atoms with Crippen molar-refractivity contribution in [3.05, 3.63) is 34.8 Å². The first kappa shape index (κ1) is 18.5. The number of hydrazone groups is 1. The Balaban J connectivity index is 1.68. The van der Waals surface area contributed by atoms with Gasteiger partial charge in [-0.1, -0.05) is 62.6 Å². The number of carbonyl (C=O) groups excluding carboxylic acids is 1. The minimum atomic E-state index is -0.395. The fourth-order valence-electron chi connectivity index (χ4n) is 4.20. The summed E-state index contributed by atoms with van der Waals surface area (Å²) in [5.41, 5.74) is 0.270. The molecule has 1 aliphatic carbocycles. The average molecular weight is 385 g/mol. The van der Waals surface area contributed by atoms with E-state index in [0.717, 1.165) is 53.6 Å². The number of carbonyl (C=O) groups is 1. The van der Waals surface area contributed by atoms with E-state index in [2.05, 4.69) is 12.2 Å². The Labute approximate surface area is 165 Å². The first-order valence-corrected chi connectivity index (χ1v) is 11.2. The molecule has 0 radical (unpaired) electrons. The zero-order valence-corrected chi connectivity index (χ0v) is 16.9. The number of nitrogens with zero attached hydrogens (tertiary/aromatic N) is 3. The average Bonchev–Trinajstić information content (AvgIpc) is 2.69. The van der Waals surface area contributed by atoms with Crippen molar-refractivity contribution in [2.75, 3.05) is 5.75 Å². The number of amidine groups is 1. The topological polar surface area (TPSA) is 57.1 Å². The second-order valence-electron chi connectivity index (χ2n) is 7.60. The van der Waals surface area contributed by atoms with E-state index in [0.29, 0.717) is 5.70 Å². The van der Waals surface area contributed by atoms with Crippen LogP contribution in [0.25, 0.3) is 5.70 Å². The maximum atomic E-state index is 13.0. The zero-order valence-electron chi connectivity index (χ0n) is 16.0. The minimum Gasteiger partial charge on any atom is -0.298 e. The van der Waals surface area contributed by atoms with Crippen LogP contribution in [0.1, 0.15) is 64.7 Å². The Morgan fingerprint density at radius 1 is 1.15 bits per heavy atom. The van der Waals surface area contributed by atoms with E-state index in [-0.39, 0.29) is 5.91 Å². The number of amides is 1. The van der Waals surface area contributed by atoms with E-state index in [1.165, 1.54) is 25.7 Å². The van der Waals surface area contributed by atoms with Crippen LogP contribution < -0.4 is 15.9 Å². The SMILES string of the molecule is CCCCCCSC1=NN2C(=c3ccccc3=NC23CCCCC3)C(=O)N1. The smallest absolute Gasteiger partial charge is 0.276 e. The lowest BCUT2D eigenvalue weighted by atomic mass is 9.87. The Bertz CT molecular complexity index is 857. The predicted octanol–water partition coefficient (Wildman–Crippen LogP) is 3.10. The molecule has 0 bridgehead atoms. The van der Waals surface area contributed by atoms with Crippen molar-refractivity contribution in [3.63, 3.8) is 0 Å². The van der Waals surface area contributed by atoms with Crippen LogP contribution in [-0.4, -0.2) is 27.5 Å². The normalized spacial score (nSPS) is 20.5. The summed E-state index contributed by atoms with van der Waals surface area (Å²) in [5, 5.41) is 12.4. The Kier molecular flexibility index (Phi) is 5.53. The molecular formula is C21H28N4OS. The van der Waals surface area contributed by atoms with Gasteiger partial charge in [-0.3, -0.25) is 15.1 Å². The van der Waals surface area contributed by atoms with Crippen molar-refractivity contribution < 1.29 is 4.79 Å². The third-order valence-electron chi connectivity index (χ3n) is 5.61. The Morgan fingerprint density at radius 2 is 1.96 bits per heavy atom. The predicted molar refractivity (Wildman–Crippen MR) is 110 cm³/mol. The number of fused-ring (bicyclic) bond motifs is 3. The number of unbranched alkanes of at least 4 members (excludes halogenated alkanes) is 3. The van der Waals surface area contributed by atoms with Gasteiger partial charge < -0.3 is 0 Å². The quantitative estimate of drug-likeness (QED) is 0.794. The van der Waals surface area contributed by atoms with Gasteiger partial charge in [0.25, 0.3) is 5.91 Å². The van der Waals surface area contributed by atoms with E-state index in [4.69, 9.17) is 10.1 Å². The summed E-state index contributed by atoms with van der Waals surface area (Å²) in [4.78, 5) is 18.2. The maximum Gasteiger partial charge on any atom is 0.276 e. The lowest BCUT2D eigenvalue weighted by Gasteiger charge is -2.45. The number of para-hydroxylation sites is 1. The molecule has 0 saturated heterocycles. The second kappa shape index (κ2) is 8.05. The lowest BCUT2D eigenvalue weighted by Crippen LogP contribution is -2.59. The molecule has 2 aliphatic heterocycles. The molecule has 3 aliphatic rings. The molecule has 4 rings (SSSR count). The van der Waals surface area contributed by atoms with E-state index in [1.807, 2.05) is 29.3 Å². The van der Waals surface area contributed by atoms with E-state index >= 15 is 0 Å². The molecule has 1 aromatic carbocycles.